The summed E-state index contributed by atoms with van der Waals surface area (Å²) in [4.78, 5) is 2.37. The maximum Gasteiger partial charge on any atom is 0.134 e. The molecule has 5 heteroatoms. The van der Waals surface area contributed by atoms with Gasteiger partial charge < -0.3 is 14.9 Å². The number of benzene rings is 2. The average molecular weight is 573 g/mol. The zero-order valence-electron chi connectivity index (χ0n) is 26.8. The minimum atomic E-state index is -0.176. The predicted octanol–water partition coefficient (Wildman–Crippen LogP) is 10.1. The molecule has 0 saturated heterocycles. The lowest BCUT2D eigenvalue weighted by Crippen LogP contribution is -2.20. The van der Waals surface area contributed by atoms with Crippen molar-refractivity contribution in [3.8, 4) is 11.5 Å². The summed E-state index contributed by atoms with van der Waals surface area (Å²) in [6.45, 7) is 30.7. The maximum atomic E-state index is 11.2. The summed E-state index contributed by atoms with van der Waals surface area (Å²) in [7, 11) is 0. The molecule has 2 aromatic carbocycles. The molecule has 0 unspecified atom stereocenters. The van der Waals surface area contributed by atoms with Gasteiger partial charge in [-0.25, -0.2) is 0 Å². The highest BCUT2D eigenvalue weighted by Gasteiger charge is 2.32. The second-order valence-corrected chi connectivity index (χ2v) is 18.6. The Morgan fingerprint density at radius 3 is 1.26 bits per heavy atom. The fourth-order valence-corrected chi connectivity index (χ4v) is 7.05. The lowest BCUT2D eigenvalue weighted by molar-refractivity contribution is 0.336. The zero-order chi connectivity index (χ0) is 30.2. The third-order valence-electron chi connectivity index (χ3n) is 6.49. The van der Waals surface area contributed by atoms with Crippen molar-refractivity contribution in [2.45, 2.75) is 132 Å². The van der Waals surface area contributed by atoms with E-state index in [-0.39, 0.29) is 32.3 Å². The van der Waals surface area contributed by atoms with E-state index < -0.39 is 0 Å². The molecule has 0 heterocycles. The van der Waals surface area contributed by atoms with Crippen LogP contribution in [0, 0.1) is 0 Å². The lowest BCUT2D eigenvalue weighted by atomic mass is 9.79. The number of hydrogen-bond donors (Lipinski definition) is 2. The summed E-state index contributed by atoms with van der Waals surface area (Å²) in [5.41, 5.74) is 3.68. The molecule has 0 amide bonds. The van der Waals surface area contributed by atoms with Gasteiger partial charge >= 0.3 is 0 Å². The van der Waals surface area contributed by atoms with Crippen LogP contribution in [0.4, 0.5) is 0 Å². The zero-order valence-corrected chi connectivity index (χ0v) is 28.4. The van der Waals surface area contributed by atoms with Crippen LogP contribution in [0.15, 0.2) is 46.4 Å². The Labute approximate surface area is 247 Å². The van der Waals surface area contributed by atoms with Crippen LogP contribution >= 0.6 is 23.5 Å². The van der Waals surface area contributed by atoms with E-state index >= 15 is 0 Å². The Kier molecular flexibility index (Phi) is 10.1. The van der Waals surface area contributed by atoms with E-state index in [1.165, 1.54) is 9.79 Å². The number of phenols is 1. The molecule has 0 bridgehead atoms. The van der Waals surface area contributed by atoms with Crippen LogP contribution in [0.2, 0.25) is 0 Å². The second kappa shape index (κ2) is 11.7. The van der Waals surface area contributed by atoms with Crippen molar-refractivity contribution in [3.63, 3.8) is 0 Å². The molecule has 0 spiro atoms. The van der Waals surface area contributed by atoms with Gasteiger partial charge in [0, 0.05) is 32.0 Å². The highest BCUT2D eigenvalue weighted by Crippen LogP contribution is 2.51. The average Bonchev–Trinajstić information content (AvgIpc) is 2.72. The van der Waals surface area contributed by atoms with Crippen LogP contribution in [-0.2, 0) is 21.7 Å². The number of hydrogen-bond acceptors (Lipinski definition) is 5. The van der Waals surface area contributed by atoms with Crippen molar-refractivity contribution in [2.24, 2.45) is 0 Å². The molecule has 0 fully saturated rings. The molecule has 218 valence electrons. The van der Waals surface area contributed by atoms with E-state index in [1.807, 2.05) is 23.5 Å². The van der Waals surface area contributed by atoms with E-state index in [1.54, 1.807) is 12.3 Å². The SMILES string of the molecule is CC(C)(Sc1cc(C(C)(C)C)c(O)c(C(C)(C)C)c1)Sc1cc(C(C)(C)C)c(OC=CCO)c(C(C)(C)C)c1. The summed E-state index contributed by atoms with van der Waals surface area (Å²) in [6.07, 6.45) is 3.22. The molecule has 0 atom stereocenters. The number of aliphatic hydroxyl groups is 1. The summed E-state index contributed by atoms with van der Waals surface area (Å²) in [5, 5.41) is 20.4. The number of phenolic OH excluding ortho intramolecular Hbond substituents is 1. The molecule has 0 aliphatic carbocycles. The quantitative estimate of drug-likeness (QED) is 0.196. The van der Waals surface area contributed by atoms with Crippen LogP contribution in [-0.4, -0.2) is 20.9 Å². The largest absolute Gasteiger partial charge is 0.507 e. The molecule has 2 aromatic rings. The molecule has 39 heavy (non-hydrogen) atoms. The van der Waals surface area contributed by atoms with Gasteiger partial charge in [-0.05, 0) is 65.8 Å². The van der Waals surface area contributed by atoms with Crippen LogP contribution in [0.3, 0.4) is 0 Å². The maximum absolute atomic E-state index is 11.2. The molecule has 0 aliphatic heterocycles. The van der Waals surface area contributed by atoms with Gasteiger partial charge in [-0.3, -0.25) is 0 Å². The van der Waals surface area contributed by atoms with Crippen LogP contribution in [0.5, 0.6) is 11.5 Å². The minimum Gasteiger partial charge on any atom is -0.507 e. The summed E-state index contributed by atoms with van der Waals surface area (Å²) in [6, 6.07) is 8.87. The minimum absolute atomic E-state index is 0.0554. The Balaban J connectivity index is 2.62. The fourth-order valence-electron chi connectivity index (χ4n) is 4.46. The topological polar surface area (TPSA) is 49.7 Å². The molecule has 0 radical (unpaired) electrons. The standard InChI is InChI=1S/C34H52O3S2/c1-30(2,3)24-18-22(19-25(28(24)36)31(4,5)6)38-34(13,14)39-23-20-26(32(7,8)9)29(37-17-15-16-35)27(21-23)33(10,11)12/h15,17-21,35-36H,16H2,1-14H3. The molecular formula is C34H52O3S2. The highest BCUT2D eigenvalue weighted by molar-refractivity contribution is 8.18. The normalized spacial score (nSPS) is 13.8. The van der Waals surface area contributed by atoms with Gasteiger partial charge in [0.2, 0.25) is 0 Å². The number of ether oxygens (including phenoxy) is 1. The Bertz CT molecular complexity index is 1110. The van der Waals surface area contributed by atoms with Crippen molar-refractivity contribution < 1.29 is 14.9 Å². The van der Waals surface area contributed by atoms with Gasteiger partial charge in [-0.15, -0.1) is 23.5 Å². The predicted molar refractivity (Wildman–Crippen MR) is 172 cm³/mol. The summed E-state index contributed by atoms with van der Waals surface area (Å²) >= 11 is 3.70. The first-order chi connectivity index (χ1) is 17.5. The number of aromatic hydroxyl groups is 1. The first-order valence-corrected chi connectivity index (χ1v) is 15.5. The van der Waals surface area contributed by atoms with E-state index in [0.29, 0.717) is 5.75 Å². The van der Waals surface area contributed by atoms with Gasteiger partial charge in [-0.1, -0.05) is 83.1 Å². The first-order valence-electron chi connectivity index (χ1n) is 13.8. The summed E-state index contributed by atoms with van der Waals surface area (Å²) in [5.74, 6) is 1.29. The Hall–Kier alpha value is -1.56. The van der Waals surface area contributed by atoms with Gasteiger partial charge in [0.15, 0.2) is 0 Å². The van der Waals surface area contributed by atoms with Crippen LogP contribution in [0.25, 0.3) is 0 Å². The third kappa shape index (κ3) is 8.96. The number of rotatable bonds is 7. The van der Waals surface area contributed by atoms with Crippen molar-refractivity contribution >= 4 is 23.5 Å². The van der Waals surface area contributed by atoms with Crippen molar-refractivity contribution in [2.75, 3.05) is 6.61 Å². The first kappa shape index (κ1) is 33.6. The van der Waals surface area contributed by atoms with E-state index in [2.05, 4.69) is 121 Å². The van der Waals surface area contributed by atoms with Gasteiger partial charge in [0.1, 0.15) is 11.5 Å². The third-order valence-corrected chi connectivity index (χ3v) is 8.92. The molecule has 0 aromatic heterocycles. The molecule has 0 aliphatic rings. The van der Waals surface area contributed by atoms with E-state index in [9.17, 15) is 10.2 Å². The Morgan fingerprint density at radius 1 is 0.615 bits per heavy atom. The monoisotopic (exact) mass is 572 g/mol. The second-order valence-electron chi connectivity index (χ2n) is 15.0. The van der Waals surface area contributed by atoms with E-state index in [0.717, 1.165) is 28.0 Å². The van der Waals surface area contributed by atoms with Crippen LogP contribution < -0.4 is 4.74 Å². The molecular weight excluding hydrogens is 521 g/mol. The Morgan fingerprint density at radius 2 is 0.949 bits per heavy atom. The van der Waals surface area contributed by atoms with Crippen molar-refractivity contribution in [3.05, 3.63) is 58.9 Å². The summed E-state index contributed by atoms with van der Waals surface area (Å²) < 4.78 is 5.99. The van der Waals surface area contributed by atoms with Gasteiger partial charge in [0.25, 0.3) is 0 Å². The van der Waals surface area contributed by atoms with E-state index in [4.69, 9.17) is 4.74 Å². The van der Waals surface area contributed by atoms with Crippen molar-refractivity contribution in [1.82, 2.24) is 0 Å². The smallest absolute Gasteiger partial charge is 0.134 e. The van der Waals surface area contributed by atoms with Crippen molar-refractivity contribution in [1.29, 1.82) is 0 Å². The van der Waals surface area contributed by atoms with Gasteiger partial charge in [-0.2, -0.15) is 0 Å². The molecule has 3 nitrogen and oxygen atoms in total. The lowest BCUT2D eigenvalue weighted by Gasteiger charge is -2.32. The molecule has 0 saturated carbocycles. The number of thioether (sulfide) groups is 2. The van der Waals surface area contributed by atoms with Gasteiger partial charge in [0.05, 0.1) is 16.9 Å². The molecule has 2 rings (SSSR count). The highest BCUT2D eigenvalue weighted by atomic mass is 32.2. The number of aliphatic hydroxyl groups excluding tert-OH is 1. The molecule has 2 N–H and O–H groups in total. The van der Waals surface area contributed by atoms with Crippen LogP contribution in [0.1, 0.15) is 119 Å². The fraction of sp³-hybridized carbons (Fsp3) is 0.588.